The second-order valence-corrected chi connectivity index (χ2v) is 5.42. The molecule has 0 aromatic heterocycles. The van der Waals surface area contributed by atoms with Crippen molar-refractivity contribution in [3.8, 4) is 0 Å². The third-order valence-corrected chi connectivity index (χ3v) is 3.51. The van der Waals surface area contributed by atoms with Crippen LogP contribution in [0, 0.1) is 6.92 Å². The molecule has 0 spiro atoms. The van der Waals surface area contributed by atoms with Crippen LogP contribution in [-0.4, -0.2) is 52.9 Å². The predicted octanol–water partition coefficient (Wildman–Crippen LogP) is 0.751. The van der Waals surface area contributed by atoms with Gasteiger partial charge in [0, 0.05) is 25.2 Å². The molecule has 0 radical (unpaired) electrons. The van der Waals surface area contributed by atoms with Crippen molar-refractivity contribution in [2.24, 2.45) is 0 Å². The van der Waals surface area contributed by atoms with E-state index in [1.54, 1.807) is 0 Å². The van der Waals surface area contributed by atoms with Crippen molar-refractivity contribution in [1.82, 2.24) is 4.90 Å². The number of β-amino-alcohol motifs (C(OH)–C–C–N with tert-alkyl or cyclic N) is 2. The van der Waals surface area contributed by atoms with Crippen molar-refractivity contribution in [3.05, 3.63) is 29.8 Å². The summed E-state index contributed by atoms with van der Waals surface area (Å²) >= 11 is 0. The fraction of sp³-hybridized carbons (Fsp3) is 0.533. The SMILES string of the molecule is Cc1cccc(NC(=O)CCCN2CC(O)C(O)C2)c1. The normalized spacial score (nSPS) is 22.9. The quantitative estimate of drug-likeness (QED) is 0.743. The van der Waals surface area contributed by atoms with E-state index in [9.17, 15) is 15.0 Å². The Morgan fingerprint density at radius 3 is 2.70 bits per heavy atom. The van der Waals surface area contributed by atoms with E-state index in [1.165, 1.54) is 0 Å². The first-order valence-corrected chi connectivity index (χ1v) is 6.99. The molecule has 5 nitrogen and oxygen atoms in total. The lowest BCUT2D eigenvalue weighted by molar-refractivity contribution is -0.116. The van der Waals surface area contributed by atoms with Gasteiger partial charge in [-0.1, -0.05) is 12.1 Å². The smallest absolute Gasteiger partial charge is 0.224 e. The highest BCUT2D eigenvalue weighted by molar-refractivity contribution is 5.90. The summed E-state index contributed by atoms with van der Waals surface area (Å²) in [6.45, 7) is 3.68. The number of nitrogens with one attached hydrogen (secondary N) is 1. The summed E-state index contributed by atoms with van der Waals surface area (Å²) in [4.78, 5) is 13.8. The molecule has 1 saturated heterocycles. The molecule has 0 bridgehead atoms. The van der Waals surface area contributed by atoms with Crippen LogP contribution in [0.3, 0.4) is 0 Å². The zero-order chi connectivity index (χ0) is 14.5. The third kappa shape index (κ3) is 4.30. The standard InChI is InChI=1S/C15H22N2O3/c1-11-4-2-5-12(8-11)16-15(20)6-3-7-17-9-13(18)14(19)10-17/h2,4-5,8,13-14,18-19H,3,6-7,9-10H2,1H3,(H,16,20). The van der Waals surface area contributed by atoms with Gasteiger partial charge in [0.15, 0.2) is 0 Å². The van der Waals surface area contributed by atoms with Gasteiger partial charge in [-0.2, -0.15) is 0 Å². The minimum absolute atomic E-state index is 0.00380. The van der Waals surface area contributed by atoms with E-state index in [2.05, 4.69) is 5.32 Å². The number of aliphatic hydroxyl groups is 2. The van der Waals surface area contributed by atoms with Gasteiger partial charge < -0.3 is 15.5 Å². The second-order valence-electron chi connectivity index (χ2n) is 5.42. The van der Waals surface area contributed by atoms with Crippen LogP contribution in [0.15, 0.2) is 24.3 Å². The van der Waals surface area contributed by atoms with E-state index in [-0.39, 0.29) is 5.91 Å². The van der Waals surface area contributed by atoms with Gasteiger partial charge >= 0.3 is 0 Å². The summed E-state index contributed by atoms with van der Waals surface area (Å²) in [5.74, 6) is -0.00380. The summed E-state index contributed by atoms with van der Waals surface area (Å²) in [6, 6.07) is 7.71. The molecular weight excluding hydrogens is 256 g/mol. The van der Waals surface area contributed by atoms with Crippen LogP contribution < -0.4 is 5.32 Å². The molecule has 1 aromatic rings. The van der Waals surface area contributed by atoms with Crippen molar-refractivity contribution in [2.45, 2.75) is 32.0 Å². The summed E-state index contributed by atoms with van der Waals surface area (Å²) in [7, 11) is 0. The van der Waals surface area contributed by atoms with E-state index in [0.717, 1.165) is 24.2 Å². The molecule has 0 aliphatic carbocycles. The van der Waals surface area contributed by atoms with Crippen LogP contribution in [-0.2, 0) is 4.79 Å². The number of anilines is 1. The van der Waals surface area contributed by atoms with Gasteiger partial charge in [0.05, 0.1) is 12.2 Å². The number of carbonyl (C=O) groups excluding carboxylic acids is 1. The number of hydrogen-bond acceptors (Lipinski definition) is 4. The first kappa shape index (κ1) is 15.0. The molecule has 1 heterocycles. The summed E-state index contributed by atoms with van der Waals surface area (Å²) in [6.07, 6.45) is -0.152. The lowest BCUT2D eigenvalue weighted by Gasteiger charge is -2.14. The Labute approximate surface area is 119 Å². The lowest BCUT2D eigenvalue weighted by Crippen LogP contribution is -2.24. The molecule has 5 heteroatoms. The first-order chi connectivity index (χ1) is 9.54. The van der Waals surface area contributed by atoms with Crippen molar-refractivity contribution in [1.29, 1.82) is 0 Å². The number of nitrogens with zero attached hydrogens (tertiary/aromatic N) is 1. The van der Waals surface area contributed by atoms with Gasteiger partial charge in [0.25, 0.3) is 0 Å². The number of aliphatic hydroxyl groups excluding tert-OH is 2. The largest absolute Gasteiger partial charge is 0.389 e. The molecular formula is C15H22N2O3. The van der Waals surface area contributed by atoms with Crippen LogP contribution in [0.25, 0.3) is 0 Å². The average Bonchev–Trinajstić information content (AvgIpc) is 2.68. The number of likely N-dealkylation sites (tertiary alicyclic amines) is 1. The van der Waals surface area contributed by atoms with Crippen LogP contribution in [0.5, 0.6) is 0 Å². The number of carbonyl (C=O) groups is 1. The maximum Gasteiger partial charge on any atom is 0.224 e. The number of amides is 1. The summed E-state index contributed by atoms with van der Waals surface area (Å²) in [5.41, 5.74) is 1.94. The van der Waals surface area contributed by atoms with Gasteiger partial charge in [-0.15, -0.1) is 0 Å². The molecule has 2 rings (SSSR count). The van der Waals surface area contributed by atoms with E-state index in [1.807, 2.05) is 36.1 Å². The fourth-order valence-corrected chi connectivity index (χ4v) is 2.44. The Bertz CT molecular complexity index is 454. The highest BCUT2D eigenvalue weighted by atomic mass is 16.3. The van der Waals surface area contributed by atoms with Gasteiger partial charge in [0.2, 0.25) is 5.91 Å². The van der Waals surface area contributed by atoms with Gasteiger partial charge in [-0.3, -0.25) is 9.69 Å². The Morgan fingerprint density at radius 2 is 2.05 bits per heavy atom. The fourth-order valence-electron chi connectivity index (χ4n) is 2.44. The van der Waals surface area contributed by atoms with Crippen molar-refractivity contribution < 1.29 is 15.0 Å². The number of rotatable bonds is 5. The van der Waals surface area contributed by atoms with Gasteiger partial charge in [-0.05, 0) is 37.6 Å². The number of benzene rings is 1. The average molecular weight is 278 g/mol. The van der Waals surface area contributed by atoms with Crippen LogP contribution in [0.2, 0.25) is 0 Å². The number of hydrogen-bond donors (Lipinski definition) is 3. The Kier molecular flexibility index (Phi) is 5.11. The molecule has 2 unspecified atom stereocenters. The first-order valence-electron chi connectivity index (χ1n) is 6.99. The molecule has 1 amide bonds. The van der Waals surface area contributed by atoms with E-state index >= 15 is 0 Å². The van der Waals surface area contributed by atoms with Gasteiger partial charge in [0.1, 0.15) is 0 Å². The Morgan fingerprint density at radius 1 is 1.35 bits per heavy atom. The van der Waals surface area contributed by atoms with Crippen LogP contribution in [0.4, 0.5) is 5.69 Å². The Hall–Kier alpha value is -1.43. The van der Waals surface area contributed by atoms with Crippen molar-refractivity contribution in [2.75, 3.05) is 25.0 Å². The summed E-state index contributed by atoms with van der Waals surface area (Å²) in [5, 5.41) is 21.7. The molecule has 1 aliphatic rings. The van der Waals surface area contributed by atoms with Crippen molar-refractivity contribution in [3.63, 3.8) is 0 Å². The minimum atomic E-state index is -0.656. The second kappa shape index (κ2) is 6.83. The predicted molar refractivity (Wildman–Crippen MR) is 77.5 cm³/mol. The molecule has 2 atom stereocenters. The monoisotopic (exact) mass is 278 g/mol. The zero-order valence-corrected chi connectivity index (χ0v) is 11.7. The molecule has 3 N–H and O–H groups in total. The van der Waals surface area contributed by atoms with Crippen molar-refractivity contribution >= 4 is 11.6 Å². The molecule has 110 valence electrons. The highest BCUT2D eigenvalue weighted by Crippen LogP contribution is 2.12. The van der Waals surface area contributed by atoms with Crippen LogP contribution >= 0.6 is 0 Å². The highest BCUT2D eigenvalue weighted by Gasteiger charge is 2.28. The van der Waals surface area contributed by atoms with E-state index in [0.29, 0.717) is 19.5 Å². The molecule has 20 heavy (non-hydrogen) atoms. The topological polar surface area (TPSA) is 72.8 Å². The molecule has 1 aliphatic heterocycles. The zero-order valence-electron chi connectivity index (χ0n) is 11.7. The van der Waals surface area contributed by atoms with E-state index in [4.69, 9.17) is 0 Å². The lowest BCUT2D eigenvalue weighted by atomic mass is 10.2. The number of aryl methyl sites for hydroxylation is 1. The summed E-state index contributed by atoms with van der Waals surface area (Å²) < 4.78 is 0. The van der Waals surface area contributed by atoms with Gasteiger partial charge in [-0.25, -0.2) is 0 Å². The van der Waals surface area contributed by atoms with Crippen LogP contribution in [0.1, 0.15) is 18.4 Å². The minimum Gasteiger partial charge on any atom is -0.389 e. The van der Waals surface area contributed by atoms with E-state index < -0.39 is 12.2 Å². The molecule has 0 saturated carbocycles. The maximum absolute atomic E-state index is 11.8. The Balaban J connectivity index is 1.68. The molecule has 1 fully saturated rings. The maximum atomic E-state index is 11.8. The molecule has 1 aromatic carbocycles. The third-order valence-electron chi connectivity index (χ3n) is 3.51.